The summed E-state index contributed by atoms with van der Waals surface area (Å²) in [6.07, 6.45) is 1.51. The molecule has 0 fully saturated rings. The summed E-state index contributed by atoms with van der Waals surface area (Å²) in [7, 11) is -3.98. The number of halogens is 2. The molecule has 0 atom stereocenters. The van der Waals surface area contributed by atoms with E-state index in [2.05, 4.69) is 10.5 Å². The first kappa shape index (κ1) is 26.5. The topological polar surface area (TPSA) is 83.8 Å². The van der Waals surface area contributed by atoms with Crippen molar-refractivity contribution in [3.8, 4) is 5.69 Å². The van der Waals surface area contributed by atoms with Gasteiger partial charge in [0.05, 0.1) is 27.5 Å². The zero-order chi connectivity index (χ0) is 26.6. The number of amides is 1. The molecular formula is C27H24Cl2N4O3S. The van der Waals surface area contributed by atoms with Crippen molar-refractivity contribution in [1.29, 1.82) is 0 Å². The van der Waals surface area contributed by atoms with Crippen LogP contribution in [-0.2, 0) is 14.8 Å². The highest BCUT2D eigenvalue weighted by molar-refractivity contribution is 7.92. The Morgan fingerprint density at radius 1 is 0.973 bits per heavy atom. The number of nitrogens with one attached hydrogen (secondary N) is 1. The van der Waals surface area contributed by atoms with Crippen molar-refractivity contribution >= 4 is 51.0 Å². The van der Waals surface area contributed by atoms with Gasteiger partial charge in [-0.3, -0.25) is 9.10 Å². The molecule has 37 heavy (non-hydrogen) atoms. The van der Waals surface area contributed by atoms with Crippen LogP contribution in [0.1, 0.15) is 17.0 Å². The van der Waals surface area contributed by atoms with Crippen LogP contribution in [0.4, 0.5) is 5.69 Å². The number of hydrogen-bond acceptors (Lipinski definition) is 4. The molecule has 0 saturated heterocycles. The molecule has 0 aliphatic carbocycles. The van der Waals surface area contributed by atoms with Gasteiger partial charge in [0.1, 0.15) is 6.54 Å². The number of aromatic nitrogens is 1. The van der Waals surface area contributed by atoms with Crippen molar-refractivity contribution in [1.82, 2.24) is 9.99 Å². The Bertz CT molecular complexity index is 1550. The third kappa shape index (κ3) is 5.88. The number of hydrazone groups is 1. The summed E-state index contributed by atoms with van der Waals surface area (Å²) in [6.45, 7) is 3.39. The van der Waals surface area contributed by atoms with Crippen LogP contribution in [0.5, 0.6) is 0 Å². The normalized spacial score (nSPS) is 11.6. The van der Waals surface area contributed by atoms with Gasteiger partial charge in [0.15, 0.2) is 0 Å². The van der Waals surface area contributed by atoms with E-state index in [4.69, 9.17) is 23.2 Å². The zero-order valence-electron chi connectivity index (χ0n) is 20.1. The van der Waals surface area contributed by atoms with Gasteiger partial charge in [-0.15, -0.1) is 0 Å². The summed E-state index contributed by atoms with van der Waals surface area (Å²) in [5, 5.41) is 5.12. The molecule has 3 aromatic carbocycles. The Balaban J connectivity index is 1.54. The molecule has 0 bridgehead atoms. The van der Waals surface area contributed by atoms with E-state index >= 15 is 0 Å². The zero-order valence-corrected chi connectivity index (χ0v) is 22.4. The standard InChI is InChI=1S/C27H24Cl2N4O3S/c1-19-15-21(20(2)33(19)26-14-13-22(28)16-25(26)29)17-30-31-27(34)18-32(23-9-5-3-6-10-23)37(35,36)24-11-7-4-8-12-24/h3-17H,18H2,1-2H3,(H,31,34)/b30-17-. The Morgan fingerprint density at radius 3 is 2.27 bits per heavy atom. The average molecular weight is 555 g/mol. The van der Waals surface area contributed by atoms with Gasteiger partial charge in [0.2, 0.25) is 0 Å². The van der Waals surface area contributed by atoms with Crippen LogP contribution in [0.2, 0.25) is 10.0 Å². The fourth-order valence-corrected chi connectivity index (χ4v) is 5.86. The van der Waals surface area contributed by atoms with E-state index in [9.17, 15) is 13.2 Å². The molecule has 4 rings (SSSR count). The lowest BCUT2D eigenvalue weighted by molar-refractivity contribution is -0.119. The number of anilines is 1. The maximum atomic E-state index is 13.3. The number of rotatable bonds is 8. The minimum atomic E-state index is -3.98. The SMILES string of the molecule is Cc1cc(/C=N\NC(=O)CN(c2ccccc2)S(=O)(=O)c2ccccc2)c(C)n1-c1ccc(Cl)cc1Cl. The number of aryl methyl sites for hydroxylation is 1. The number of para-hydroxylation sites is 1. The van der Waals surface area contributed by atoms with Crippen molar-refractivity contribution in [2.24, 2.45) is 5.10 Å². The molecule has 0 saturated carbocycles. The second kappa shape index (κ2) is 11.2. The van der Waals surface area contributed by atoms with Gasteiger partial charge in [-0.05, 0) is 62.4 Å². The lowest BCUT2D eigenvalue weighted by Crippen LogP contribution is -2.39. The van der Waals surface area contributed by atoms with E-state index in [1.54, 1.807) is 60.7 Å². The maximum absolute atomic E-state index is 13.3. The van der Waals surface area contributed by atoms with Crippen LogP contribution >= 0.6 is 23.2 Å². The highest BCUT2D eigenvalue weighted by Crippen LogP contribution is 2.28. The van der Waals surface area contributed by atoms with Crippen molar-refractivity contribution in [3.63, 3.8) is 0 Å². The third-order valence-electron chi connectivity index (χ3n) is 5.68. The smallest absolute Gasteiger partial charge is 0.264 e. The van der Waals surface area contributed by atoms with Crippen LogP contribution in [0.3, 0.4) is 0 Å². The van der Waals surface area contributed by atoms with Crippen LogP contribution in [0.15, 0.2) is 94.9 Å². The lowest BCUT2D eigenvalue weighted by atomic mass is 10.2. The molecule has 1 heterocycles. The van der Waals surface area contributed by atoms with E-state index in [0.29, 0.717) is 15.7 Å². The Kier molecular flexibility index (Phi) is 8.02. The molecule has 1 aromatic heterocycles. The summed E-state index contributed by atoms with van der Waals surface area (Å²) in [4.78, 5) is 12.9. The molecule has 0 radical (unpaired) electrons. The molecular weight excluding hydrogens is 531 g/mol. The first-order valence-corrected chi connectivity index (χ1v) is 13.5. The molecule has 190 valence electrons. The minimum Gasteiger partial charge on any atom is -0.316 e. The van der Waals surface area contributed by atoms with Gasteiger partial charge >= 0.3 is 0 Å². The molecule has 1 N–H and O–H groups in total. The Morgan fingerprint density at radius 2 is 1.62 bits per heavy atom. The average Bonchev–Trinajstić information content (AvgIpc) is 3.16. The third-order valence-corrected chi connectivity index (χ3v) is 8.00. The summed E-state index contributed by atoms with van der Waals surface area (Å²) < 4.78 is 29.7. The molecule has 0 spiro atoms. The largest absolute Gasteiger partial charge is 0.316 e. The molecule has 1 amide bonds. The quantitative estimate of drug-likeness (QED) is 0.222. The summed E-state index contributed by atoms with van der Waals surface area (Å²) in [5.74, 6) is -0.589. The fraction of sp³-hybridized carbons (Fsp3) is 0.111. The first-order valence-electron chi connectivity index (χ1n) is 11.3. The number of hydrogen-bond donors (Lipinski definition) is 1. The predicted molar refractivity (Wildman–Crippen MR) is 148 cm³/mol. The molecule has 0 aliphatic heterocycles. The maximum Gasteiger partial charge on any atom is 0.264 e. The number of nitrogens with zero attached hydrogens (tertiary/aromatic N) is 3. The van der Waals surface area contributed by atoms with Crippen LogP contribution < -0.4 is 9.73 Å². The van der Waals surface area contributed by atoms with Crippen molar-refractivity contribution in [2.75, 3.05) is 10.8 Å². The van der Waals surface area contributed by atoms with Crippen molar-refractivity contribution in [3.05, 3.63) is 112 Å². The van der Waals surface area contributed by atoms with Crippen molar-refractivity contribution < 1.29 is 13.2 Å². The fourth-order valence-electron chi connectivity index (χ4n) is 3.92. The molecule has 7 nitrogen and oxygen atoms in total. The van der Waals surface area contributed by atoms with E-state index < -0.39 is 22.5 Å². The molecule has 0 aliphatic rings. The second-order valence-electron chi connectivity index (χ2n) is 8.21. The summed E-state index contributed by atoms with van der Waals surface area (Å²) in [5.41, 5.74) is 6.12. The van der Waals surface area contributed by atoms with E-state index in [1.165, 1.54) is 18.3 Å². The predicted octanol–water partition coefficient (Wildman–Crippen LogP) is 5.75. The summed E-state index contributed by atoms with van der Waals surface area (Å²) in [6, 6.07) is 23.6. The van der Waals surface area contributed by atoms with E-state index in [0.717, 1.165) is 26.9 Å². The first-order chi connectivity index (χ1) is 17.7. The number of sulfonamides is 1. The van der Waals surface area contributed by atoms with Gasteiger partial charge in [-0.25, -0.2) is 13.8 Å². The van der Waals surface area contributed by atoms with Gasteiger partial charge in [-0.2, -0.15) is 5.10 Å². The highest BCUT2D eigenvalue weighted by Gasteiger charge is 2.26. The van der Waals surface area contributed by atoms with Crippen molar-refractivity contribution in [2.45, 2.75) is 18.7 Å². The second-order valence-corrected chi connectivity index (χ2v) is 10.9. The van der Waals surface area contributed by atoms with Crippen LogP contribution in [-0.4, -0.2) is 31.7 Å². The number of benzene rings is 3. The molecule has 10 heteroatoms. The van der Waals surface area contributed by atoms with E-state index in [-0.39, 0.29) is 4.90 Å². The summed E-state index contributed by atoms with van der Waals surface area (Å²) >= 11 is 12.4. The Hall–Kier alpha value is -3.59. The lowest BCUT2D eigenvalue weighted by Gasteiger charge is -2.23. The van der Waals surface area contributed by atoms with Gasteiger partial charge in [0, 0.05) is 22.0 Å². The monoisotopic (exact) mass is 554 g/mol. The van der Waals surface area contributed by atoms with Gasteiger partial charge in [0.25, 0.3) is 15.9 Å². The van der Waals surface area contributed by atoms with Gasteiger partial charge in [-0.1, -0.05) is 59.6 Å². The molecule has 0 unspecified atom stereocenters. The Labute approximate surface area is 226 Å². The van der Waals surface area contributed by atoms with E-state index in [1.807, 2.05) is 30.5 Å². The molecule has 4 aromatic rings. The highest BCUT2D eigenvalue weighted by atomic mass is 35.5. The van der Waals surface area contributed by atoms with Crippen LogP contribution in [0, 0.1) is 13.8 Å². The number of carbonyl (C=O) groups excluding carboxylic acids is 1. The van der Waals surface area contributed by atoms with Crippen LogP contribution in [0.25, 0.3) is 5.69 Å². The minimum absolute atomic E-state index is 0.0865. The number of carbonyl (C=O) groups is 1. The van der Waals surface area contributed by atoms with Gasteiger partial charge < -0.3 is 4.57 Å².